The van der Waals surface area contributed by atoms with Crippen LogP contribution in [0.3, 0.4) is 0 Å². The van der Waals surface area contributed by atoms with E-state index in [9.17, 15) is 4.79 Å². The SMILES string of the molecule is COc1ccc(C(C)=O)c(OCC2CCC(C)O2)c1. The standard InChI is InChI=1S/C15H20O4/c1-10-4-5-13(19-10)9-18-15-8-12(17-3)6-7-14(15)11(2)16/h6-8,10,13H,4-5,9H2,1-3H3. The van der Waals surface area contributed by atoms with Gasteiger partial charge in [0.25, 0.3) is 0 Å². The Morgan fingerprint density at radius 1 is 1.42 bits per heavy atom. The molecule has 1 aliphatic rings. The number of Topliss-reactive ketones (excluding diaryl/α,β-unsaturated/α-hetero) is 1. The zero-order valence-corrected chi connectivity index (χ0v) is 11.6. The van der Waals surface area contributed by atoms with E-state index in [0.717, 1.165) is 12.8 Å². The Morgan fingerprint density at radius 2 is 2.21 bits per heavy atom. The van der Waals surface area contributed by atoms with Crippen LogP contribution in [-0.4, -0.2) is 31.7 Å². The van der Waals surface area contributed by atoms with E-state index in [1.54, 1.807) is 25.3 Å². The molecule has 19 heavy (non-hydrogen) atoms. The minimum Gasteiger partial charge on any atom is -0.497 e. The first-order valence-electron chi connectivity index (χ1n) is 6.57. The average molecular weight is 264 g/mol. The van der Waals surface area contributed by atoms with Gasteiger partial charge in [0.1, 0.15) is 18.1 Å². The molecule has 1 heterocycles. The summed E-state index contributed by atoms with van der Waals surface area (Å²) in [6.45, 7) is 4.06. The topological polar surface area (TPSA) is 44.8 Å². The molecule has 1 aromatic rings. The summed E-state index contributed by atoms with van der Waals surface area (Å²) >= 11 is 0. The second-order valence-electron chi connectivity index (χ2n) is 4.88. The highest BCUT2D eigenvalue weighted by atomic mass is 16.5. The molecule has 1 aliphatic heterocycles. The fourth-order valence-electron chi connectivity index (χ4n) is 2.23. The third-order valence-electron chi connectivity index (χ3n) is 3.31. The number of benzene rings is 1. The fraction of sp³-hybridized carbons (Fsp3) is 0.533. The van der Waals surface area contributed by atoms with Crippen LogP contribution in [0.15, 0.2) is 18.2 Å². The van der Waals surface area contributed by atoms with Crippen LogP contribution in [0.2, 0.25) is 0 Å². The van der Waals surface area contributed by atoms with Gasteiger partial charge in [-0.25, -0.2) is 0 Å². The minimum atomic E-state index is -0.0154. The van der Waals surface area contributed by atoms with Crippen molar-refractivity contribution in [2.24, 2.45) is 0 Å². The first-order valence-corrected chi connectivity index (χ1v) is 6.57. The molecule has 0 aromatic heterocycles. The van der Waals surface area contributed by atoms with Gasteiger partial charge in [-0.15, -0.1) is 0 Å². The third kappa shape index (κ3) is 3.47. The molecule has 104 valence electrons. The number of methoxy groups -OCH3 is 1. The monoisotopic (exact) mass is 264 g/mol. The zero-order chi connectivity index (χ0) is 13.8. The Balaban J connectivity index is 2.06. The van der Waals surface area contributed by atoms with Gasteiger partial charge < -0.3 is 14.2 Å². The highest BCUT2D eigenvalue weighted by Gasteiger charge is 2.23. The van der Waals surface area contributed by atoms with Crippen molar-refractivity contribution in [3.05, 3.63) is 23.8 Å². The van der Waals surface area contributed by atoms with Crippen LogP contribution >= 0.6 is 0 Å². The highest BCUT2D eigenvalue weighted by Crippen LogP contribution is 2.27. The molecule has 0 saturated carbocycles. The Bertz CT molecular complexity index is 455. The van der Waals surface area contributed by atoms with Gasteiger partial charge in [-0.05, 0) is 38.8 Å². The van der Waals surface area contributed by atoms with Crippen molar-refractivity contribution in [1.29, 1.82) is 0 Å². The molecular formula is C15H20O4. The van der Waals surface area contributed by atoms with Crippen LogP contribution in [0.4, 0.5) is 0 Å². The molecule has 4 nitrogen and oxygen atoms in total. The van der Waals surface area contributed by atoms with Crippen molar-refractivity contribution in [3.8, 4) is 11.5 Å². The van der Waals surface area contributed by atoms with Crippen molar-refractivity contribution >= 4 is 5.78 Å². The second-order valence-corrected chi connectivity index (χ2v) is 4.88. The van der Waals surface area contributed by atoms with Gasteiger partial charge >= 0.3 is 0 Å². The zero-order valence-electron chi connectivity index (χ0n) is 11.6. The summed E-state index contributed by atoms with van der Waals surface area (Å²) in [5, 5.41) is 0. The first kappa shape index (κ1) is 13.9. The molecule has 0 N–H and O–H groups in total. The molecule has 0 spiro atoms. The average Bonchev–Trinajstić information content (AvgIpc) is 2.81. The summed E-state index contributed by atoms with van der Waals surface area (Å²) in [5.41, 5.74) is 0.576. The normalized spacial score (nSPS) is 22.3. The third-order valence-corrected chi connectivity index (χ3v) is 3.31. The molecule has 1 saturated heterocycles. The van der Waals surface area contributed by atoms with Crippen LogP contribution in [0.5, 0.6) is 11.5 Å². The Kier molecular flexibility index (Phi) is 4.43. The van der Waals surface area contributed by atoms with E-state index in [4.69, 9.17) is 14.2 Å². The number of hydrogen-bond acceptors (Lipinski definition) is 4. The van der Waals surface area contributed by atoms with Gasteiger partial charge in [-0.2, -0.15) is 0 Å². The predicted molar refractivity (Wildman–Crippen MR) is 72.1 cm³/mol. The molecule has 2 unspecified atom stereocenters. The van der Waals surface area contributed by atoms with E-state index in [1.807, 2.05) is 0 Å². The van der Waals surface area contributed by atoms with Crippen molar-refractivity contribution in [3.63, 3.8) is 0 Å². The molecule has 2 atom stereocenters. The van der Waals surface area contributed by atoms with Crippen LogP contribution in [0.25, 0.3) is 0 Å². The molecular weight excluding hydrogens is 244 g/mol. The lowest BCUT2D eigenvalue weighted by Gasteiger charge is -2.15. The van der Waals surface area contributed by atoms with Crippen molar-refractivity contribution in [1.82, 2.24) is 0 Å². The maximum atomic E-state index is 11.6. The smallest absolute Gasteiger partial charge is 0.163 e. The van der Waals surface area contributed by atoms with Crippen molar-refractivity contribution in [2.75, 3.05) is 13.7 Å². The summed E-state index contributed by atoms with van der Waals surface area (Å²) in [6.07, 6.45) is 2.47. The quantitative estimate of drug-likeness (QED) is 0.767. The minimum absolute atomic E-state index is 0.0154. The molecule has 1 fully saturated rings. The second kappa shape index (κ2) is 6.06. The van der Waals surface area contributed by atoms with E-state index in [1.165, 1.54) is 6.92 Å². The van der Waals surface area contributed by atoms with Crippen molar-refractivity contribution in [2.45, 2.75) is 38.9 Å². The fourth-order valence-corrected chi connectivity index (χ4v) is 2.23. The van der Waals surface area contributed by atoms with Crippen LogP contribution < -0.4 is 9.47 Å². The van der Waals surface area contributed by atoms with E-state index in [-0.39, 0.29) is 11.9 Å². The van der Waals surface area contributed by atoms with Gasteiger partial charge in [0.05, 0.1) is 24.9 Å². The van der Waals surface area contributed by atoms with E-state index in [0.29, 0.717) is 29.8 Å². The van der Waals surface area contributed by atoms with E-state index >= 15 is 0 Å². The lowest BCUT2D eigenvalue weighted by molar-refractivity contribution is 0.0262. The number of carbonyl (C=O) groups is 1. The molecule has 4 heteroatoms. The highest BCUT2D eigenvalue weighted by molar-refractivity contribution is 5.97. The number of rotatable bonds is 5. The Labute approximate surface area is 113 Å². The molecule has 1 aromatic carbocycles. The summed E-state index contributed by atoms with van der Waals surface area (Å²) < 4.78 is 16.6. The van der Waals surface area contributed by atoms with E-state index < -0.39 is 0 Å². The number of carbonyl (C=O) groups excluding carboxylic acids is 1. The maximum absolute atomic E-state index is 11.6. The number of hydrogen-bond donors (Lipinski definition) is 0. The summed E-state index contributed by atoms with van der Waals surface area (Å²) in [5.74, 6) is 1.23. The lowest BCUT2D eigenvalue weighted by Crippen LogP contribution is -2.18. The van der Waals surface area contributed by atoms with Crippen molar-refractivity contribution < 1.29 is 19.0 Å². The van der Waals surface area contributed by atoms with Crippen LogP contribution in [0.1, 0.15) is 37.0 Å². The van der Waals surface area contributed by atoms with Gasteiger partial charge in [-0.3, -0.25) is 4.79 Å². The van der Waals surface area contributed by atoms with Crippen LogP contribution in [0, 0.1) is 0 Å². The summed E-state index contributed by atoms with van der Waals surface area (Å²) in [4.78, 5) is 11.6. The van der Waals surface area contributed by atoms with Gasteiger partial charge in [0.2, 0.25) is 0 Å². The molecule has 0 bridgehead atoms. The van der Waals surface area contributed by atoms with E-state index in [2.05, 4.69) is 6.92 Å². The predicted octanol–water partition coefficient (Wildman–Crippen LogP) is 2.84. The van der Waals surface area contributed by atoms with Gasteiger partial charge in [0, 0.05) is 6.07 Å². The van der Waals surface area contributed by atoms with Gasteiger partial charge in [-0.1, -0.05) is 0 Å². The molecule has 0 aliphatic carbocycles. The Morgan fingerprint density at radius 3 is 2.79 bits per heavy atom. The Hall–Kier alpha value is -1.55. The largest absolute Gasteiger partial charge is 0.497 e. The number of ketones is 1. The molecule has 0 radical (unpaired) electrons. The van der Waals surface area contributed by atoms with Crippen LogP contribution in [-0.2, 0) is 4.74 Å². The van der Waals surface area contributed by atoms with Gasteiger partial charge in [0.15, 0.2) is 5.78 Å². The summed E-state index contributed by atoms with van der Waals surface area (Å²) in [7, 11) is 1.59. The first-order chi connectivity index (χ1) is 9.10. The maximum Gasteiger partial charge on any atom is 0.163 e. The lowest BCUT2D eigenvalue weighted by atomic mass is 10.1. The molecule has 0 amide bonds. The summed E-state index contributed by atoms with van der Waals surface area (Å²) in [6, 6.07) is 5.24. The molecule has 2 rings (SSSR count). The number of ether oxygens (including phenoxy) is 3.